The molecule has 0 aromatic heterocycles. The molecule has 1 saturated carbocycles. The van der Waals surface area contributed by atoms with Gasteiger partial charge < -0.3 is 26.4 Å². The Morgan fingerprint density at radius 1 is 0.923 bits per heavy atom. The molecule has 5 nitrogen and oxygen atoms in total. The molecule has 5 heteroatoms. The predicted octanol–water partition coefficient (Wildman–Crippen LogP) is 3.59. The van der Waals surface area contributed by atoms with E-state index in [9.17, 15) is 10.2 Å². The number of hydrogen-bond donors (Lipinski definition) is 4. The van der Waals surface area contributed by atoms with Crippen LogP contribution in [0.2, 0.25) is 0 Å². The maximum absolute atomic E-state index is 9.63. The van der Waals surface area contributed by atoms with E-state index >= 15 is 0 Å². The fourth-order valence-corrected chi connectivity index (χ4v) is 3.55. The Kier molecular flexibility index (Phi) is 5.89. The molecule has 0 aliphatic heterocycles. The molecule has 3 rings (SSSR count). The zero-order chi connectivity index (χ0) is 18.5. The quantitative estimate of drug-likeness (QED) is 0.360. The summed E-state index contributed by atoms with van der Waals surface area (Å²) in [5.74, 6) is 1.07. The summed E-state index contributed by atoms with van der Waals surface area (Å²) in [7, 11) is 0. The van der Waals surface area contributed by atoms with Gasteiger partial charge in [-0.1, -0.05) is 24.3 Å². The molecule has 0 radical (unpaired) electrons. The molecule has 1 aliphatic carbocycles. The van der Waals surface area contributed by atoms with Crippen LogP contribution in [0.1, 0.15) is 49.1 Å². The van der Waals surface area contributed by atoms with Gasteiger partial charge in [0.1, 0.15) is 22.9 Å². The highest BCUT2D eigenvalue weighted by Crippen LogP contribution is 2.35. The monoisotopic (exact) mass is 356 g/mol. The summed E-state index contributed by atoms with van der Waals surface area (Å²) in [6.45, 7) is 0.538. The van der Waals surface area contributed by atoms with Crippen molar-refractivity contribution in [3.05, 3.63) is 47.5 Å². The highest BCUT2D eigenvalue weighted by Gasteiger charge is 2.20. The molecule has 0 amide bonds. The Bertz CT molecular complexity index is 723. The first-order chi connectivity index (χ1) is 12.5. The summed E-state index contributed by atoms with van der Waals surface area (Å²) in [6, 6.07) is 11.9. The summed E-state index contributed by atoms with van der Waals surface area (Å²) in [4.78, 5) is 0. The van der Waals surface area contributed by atoms with Crippen molar-refractivity contribution in [1.82, 2.24) is 0 Å². The van der Waals surface area contributed by atoms with Gasteiger partial charge in [-0.15, -0.1) is 0 Å². The summed E-state index contributed by atoms with van der Waals surface area (Å²) < 4.78 is 5.68. The van der Waals surface area contributed by atoms with Gasteiger partial charge >= 0.3 is 0 Å². The van der Waals surface area contributed by atoms with E-state index in [-0.39, 0.29) is 23.2 Å². The molecule has 1 aliphatic rings. The number of phenols is 1. The average molecular weight is 356 g/mol. The van der Waals surface area contributed by atoms with E-state index in [0.29, 0.717) is 18.3 Å². The molecule has 2 aromatic rings. The smallest absolute Gasteiger partial charge is 0.144 e. The van der Waals surface area contributed by atoms with Gasteiger partial charge in [-0.05, 0) is 67.7 Å². The van der Waals surface area contributed by atoms with Crippen molar-refractivity contribution in [2.45, 2.75) is 50.5 Å². The van der Waals surface area contributed by atoms with E-state index in [1.54, 1.807) is 6.07 Å². The van der Waals surface area contributed by atoms with Gasteiger partial charge in [-0.25, -0.2) is 0 Å². The lowest BCUT2D eigenvalue weighted by Crippen LogP contribution is -2.16. The number of rotatable bonds is 6. The number of aryl methyl sites for hydroxylation is 1. The third-order valence-corrected chi connectivity index (χ3v) is 5.24. The number of nitrogens with two attached hydrogens (primary N) is 2. The first-order valence-corrected chi connectivity index (χ1v) is 9.31. The fourth-order valence-electron chi connectivity index (χ4n) is 3.55. The van der Waals surface area contributed by atoms with Crippen LogP contribution in [-0.4, -0.2) is 22.9 Å². The second kappa shape index (κ2) is 8.32. The lowest BCUT2D eigenvalue weighted by molar-refractivity contribution is 0.122. The molecule has 0 unspecified atom stereocenters. The first kappa shape index (κ1) is 18.4. The number of hydrogen-bond acceptors (Lipinski definition) is 5. The molecule has 0 saturated heterocycles. The van der Waals surface area contributed by atoms with Crippen molar-refractivity contribution in [2.24, 2.45) is 0 Å². The largest absolute Gasteiger partial charge is 0.506 e. The fraction of sp³-hybridized carbons (Fsp3) is 0.429. The minimum atomic E-state index is -0.108. The van der Waals surface area contributed by atoms with Crippen molar-refractivity contribution >= 4 is 11.4 Å². The van der Waals surface area contributed by atoms with E-state index in [2.05, 4.69) is 24.3 Å². The van der Waals surface area contributed by atoms with Crippen LogP contribution < -0.4 is 16.2 Å². The topological polar surface area (TPSA) is 102 Å². The van der Waals surface area contributed by atoms with E-state index < -0.39 is 0 Å². The number of aromatic hydroxyl groups is 1. The predicted molar refractivity (Wildman–Crippen MR) is 104 cm³/mol. The molecule has 2 aromatic carbocycles. The van der Waals surface area contributed by atoms with Gasteiger partial charge in [0.25, 0.3) is 0 Å². The zero-order valence-electron chi connectivity index (χ0n) is 15.0. The summed E-state index contributed by atoms with van der Waals surface area (Å²) in [5.41, 5.74) is 14.6. The average Bonchev–Trinajstić information content (AvgIpc) is 2.66. The van der Waals surface area contributed by atoms with Gasteiger partial charge in [-0.2, -0.15) is 0 Å². The molecule has 1 fully saturated rings. The van der Waals surface area contributed by atoms with Gasteiger partial charge in [0, 0.05) is 0 Å². The number of ether oxygens (including phenoxy) is 1. The maximum atomic E-state index is 9.63. The van der Waals surface area contributed by atoms with Gasteiger partial charge in [0.15, 0.2) is 0 Å². The Hall–Kier alpha value is -2.40. The van der Waals surface area contributed by atoms with Gasteiger partial charge in [0.05, 0.1) is 12.7 Å². The number of aliphatic hydroxyl groups excluding tert-OH is 1. The van der Waals surface area contributed by atoms with Crippen molar-refractivity contribution in [3.63, 3.8) is 0 Å². The van der Waals surface area contributed by atoms with Crippen LogP contribution in [-0.2, 0) is 6.42 Å². The molecule has 0 bridgehead atoms. The lowest BCUT2D eigenvalue weighted by Gasteiger charge is -2.25. The number of nitrogen functional groups attached to an aromatic ring is 2. The van der Waals surface area contributed by atoms with E-state index in [0.717, 1.165) is 38.5 Å². The second-order valence-corrected chi connectivity index (χ2v) is 7.11. The molecule has 0 atom stereocenters. The zero-order valence-corrected chi connectivity index (χ0v) is 15.0. The highest BCUT2D eigenvalue weighted by atomic mass is 16.5. The molecular formula is C21H28N2O3. The second-order valence-electron chi connectivity index (χ2n) is 7.11. The molecular weight excluding hydrogens is 328 g/mol. The Morgan fingerprint density at radius 3 is 2.31 bits per heavy atom. The van der Waals surface area contributed by atoms with Crippen molar-refractivity contribution in [3.8, 4) is 11.5 Å². The van der Waals surface area contributed by atoms with Gasteiger partial charge in [0.2, 0.25) is 0 Å². The summed E-state index contributed by atoms with van der Waals surface area (Å²) in [5, 5.41) is 19.1. The molecule has 140 valence electrons. The SMILES string of the molecule is Nc1c(O)ccc(OCCCc2ccc(C3CCC(O)CC3)cc2)c1N. The molecule has 0 spiro atoms. The Balaban J connectivity index is 1.46. The Labute approximate surface area is 154 Å². The highest BCUT2D eigenvalue weighted by molar-refractivity contribution is 5.76. The summed E-state index contributed by atoms with van der Waals surface area (Å²) in [6.07, 6.45) is 5.66. The van der Waals surface area contributed by atoms with E-state index in [1.165, 1.54) is 17.2 Å². The first-order valence-electron chi connectivity index (χ1n) is 9.31. The van der Waals surface area contributed by atoms with Crippen LogP contribution in [0.15, 0.2) is 36.4 Å². The molecule has 6 N–H and O–H groups in total. The van der Waals surface area contributed by atoms with Crippen molar-refractivity contribution in [1.29, 1.82) is 0 Å². The minimum Gasteiger partial charge on any atom is -0.506 e. The van der Waals surface area contributed by atoms with Crippen LogP contribution in [0.4, 0.5) is 11.4 Å². The van der Waals surface area contributed by atoms with Crippen molar-refractivity contribution < 1.29 is 14.9 Å². The van der Waals surface area contributed by atoms with Crippen LogP contribution in [0.3, 0.4) is 0 Å². The Morgan fingerprint density at radius 2 is 1.62 bits per heavy atom. The lowest BCUT2D eigenvalue weighted by atomic mass is 9.82. The number of aliphatic hydroxyl groups is 1. The van der Waals surface area contributed by atoms with E-state index in [4.69, 9.17) is 16.2 Å². The van der Waals surface area contributed by atoms with E-state index in [1.807, 2.05) is 0 Å². The number of anilines is 2. The van der Waals surface area contributed by atoms with Crippen LogP contribution in [0.25, 0.3) is 0 Å². The van der Waals surface area contributed by atoms with Crippen LogP contribution >= 0.6 is 0 Å². The number of phenolic OH excluding ortho intramolecular Hbond substituents is 1. The standard InChI is InChI=1S/C21H28N2O3/c22-20-18(25)11-12-19(21(20)23)26-13-1-2-14-3-5-15(6-4-14)16-7-9-17(24)10-8-16/h3-6,11-12,16-17,24-25H,1-2,7-10,13,22-23H2. The third-order valence-electron chi connectivity index (χ3n) is 5.24. The van der Waals surface area contributed by atoms with Crippen LogP contribution in [0.5, 0.6) is 11.5 Å². The molecule has 26 heavy (non-hydrogen) atoms. The number of benzene rings is 2. The normalized spacial score (nSPS) is 20.0. The van der Waals surface area contributed by atoms with Crippen LogP contribution in [0, 0.1) is 0 Å². The maximum Gasteiger partial charge on any atom is 0.144 e. The molecule has 0 heterocycles. The van der Waals surface area contributed by atoms with Crippen molar-refractivity contribution in [2.75, 3.05) is 18.1 Å². The summed E-state index contributed by atoms with van der Waals surface area (Å²) >= 11 is 0. The van der Waals surface area contributed by atoms with Gasteiger partial charge in [-0.3, -0.25) is 0 Å². The minimum absolute atomic E-state index is 0.0255. The third kappa shape index (κ3) is 4.41.